The Balaban J connectivity index is 2.06. The summed E-state index contributed by atoms with van der Waals surface area (Å²) in [6.45, 7) is 3.72. The second-order valence-corrected chi connectivity index (χ2v) is 5.62. The van der Waals surface area contributed by atoms with Gasteiger partial charge in [0.05, 0.1) is 0 Å². The molecule has 0 bridgehead atoms. The fourth-order valence-electron chi connectivity index (χ4n) is 1.31. The largest absolute Gasteiger partial charge is 0.475 e. The van der Waals surface area contributed by atoms with E-state index in [1.165, 1.54) is 0 Å². The lowest BCUT2D eigenvalue weighted by Crippen LogP contribution is -1.91. The Labute approximate surface area is 107 Å². The van der Waals surface area contributed by atoms with Crippen molar-refractivity contribution in [3.8, 4) is 0 Å². The fourth-order valence-corrected chi connectivity index (χ4v) is 3.19. The number of furan rings is 1. The van der Waals surface area contributed by atoms with Gasteiger partial charge in [0.1, 0.15) is 10.1 Å². The number of hydrogen-bond donors (Lipinski definition) is 1. The van der Waals surface area contributed by atoms with Gasteiger partial charge in [0, 0.05) is 22.4 Å². The van der Waals surface area contributed by atoms with E-state index in [9.17, 15) is 4.79 Å². The number of thiazole rings is 1. The molecule has 0 spiro atoms. The van der Waals surface area contributed by atoms with E-state index in [2.05, 4.69) is 4.98 Å². The van der Waals surface area contributed by atoms with Gasteiger partial charge in [-0.25, -0.2) is 9.78 Å². The van der Waals surface area contributed by atoms with Crippen LogP contribution in [0, 0.1) is 13.8 Å². The van der Waals surface area contributed by atoms with Gasteiger partial charge in [-0.2, -0.15) is 0 Å². The van der Waals surface area contributed by atoms with Crippen LogP contribution in [0.5, 0.6) is 0 Å². The Morgan fingerprint density at radius 3 is 2.88 bits per heavy atom. The highest BCUT2D eigenvalue weighted by Crippen LogP contribution is 2.28. The highest BCUT2D eigenvalue weighted by molar-refractivity contribution is 8.00. The first kappa shape index (κ1) is 12.2. The van der Waals surface area contributed by atoms with Gasteiger partial charge in [0.25, 0.3) is 0 Å². The van der Waals surface area contributed by atoms with Gasteiger partial charge in [-0.3, -0.25) is 0 Å². The van der Waals surface area contributed by atoms with Crippen LogP contribution in [0.4, 0.5) is 0 Å². The van der Waals surface area contributed by atoms with Gasteiger partial charge in [-0.1, -0.05) is 11.8 Å². The molecule has 0 fully saturated rings. The summed E-state index contributed by atoms with van der Waals surface area (Å²) >= 11 is 3.18. The lowest BCUT2D eigenvalue weighted by molar-refractivity contribution is 0.0661. The molecule has 0 radical (unpaired) electrons. The topological polar surface area (TPSA) is 63.3 Å². The zero-order valence-corrected chi connectivity index (χ0v) is 11.0. The second kappa shape index (κ2) is 4.93. The van der Waals surface area contributed by atoms with Gasteiger partial charge in [-0.15, -0.1) is 11.3 Å². The van der Waals surface area contributed by atoms with Gasteiger partial charge >= 0.3 is 5.97 Å². The van der Waals surface area contributed by atoms with Crippen molar-refractivity contribution < 1.29 is 14.3 Å². The smallest absolute Gasteiger partial charge is 0.371 e. The quantitative estimate of drug-likeness (QED) is 0.862. The summed E-state index contributed by atoms with van der Waals surface area (Å²) < 4.78 is 6.13. The number of carboxylic acids is 1. The van der Waals surface area contributed by atoms with Crippen LogP contribution in [0.1, 0.15) is 27.6 Å². The van der Waals surface area contributed by atoms with E-state index >= 15 is 0 Å². The van der Waals surface area contributed by atoms with Crippen LogP contribution in [0.2, 0.25) is 0 Å². The molecule has 0 aromatic carbocycles. The molecule has 1 N–H and O–H groups in total. The number of carbonyl (C=O) groups is 1. The molecule has 17 heavy (non-hydrogen) atoms. The van der Waals surface area contributed by atoms with Gasteiger partial charge < -0.3 is 9.52 Å². The van der Waals surface area contributed by atoms with Crippen LogP contribution in [0.3, 0.4) is 0 Å². The predicted octanol–water partition coefficient (Wildman–Crippen LogP) is 3.34. The third-order valence-electron chi connectivity index (χ3n) is 2.18. The van der Waals surface area contributed by atoms with Crippen LogP contribution in [0.15, 0.2) is 20.2 Å². The molecule has 0 aliphatic carbocycles. The standard InChI is InChI=1S/C11H11NO3S2/c1-6-4-16-11(12-6)17-5-8-3-9(10(13)14)15-7(8)2/h3-4H,5H2,1-2H3,(H,13,14). The molecular weight excluding hydrogens is 258 g/mol. The molecule has 0 aliphatic rings. The first-order valence-corrected chi connectivity index (χ1v) is 6.80. The SMILES string of the molecule is Cc1csc(SCc2cc(C(=O)O)oc2C)n1. The maximum Gasteiger partial charge on any atom is 0.371 e. The molecule has 0 saturated carbocycles. The summed E-state index contributed by atoms with van der Waals surface area (Å²) in [6.07, 6.45) is 0. The monoisotopic (exact) mass is 269 g/mol. The summed E-state index contributed by atoms with van der Waals surface area (Å²) in [5.74, 6) is 0.293. The molecular formula is C11H11NO3S2. The molecule has 6 heteroatoms. The van der Waals surface area contributed by atoms with E-state index < -0.39 is 5.97 Å². The van der Waals surface area contributed by atoms with E-state index in [1.54, 1.807) is 36.1 Å². The number of aromatic nitrogens is 1. The molecule has 0 aliphatic heterocycles. The number of nitrogens with zero attached hydrogens (tertiary/aromatic N) is 1. The summed E-state index contributed by atoms with van der Waals surface area (Å²) in [5.41, 5.74) is 1.91. The van der Waals surface area contributed by atoms with E-state index in [0.29, 0.717) is 11.5 Å². The van der Waals surface area contributed by atoms with Crippen LogP contribution in [-0.4, -0.2) is 16.1 Å². The Morgan fingerprint density at radius 2 is 2.35 bits per heavy atom. The van der Waals surface area contributed by atoms with Crippen LogP contribution >= 0.6 is 23.1 Å². The molecule has 2 aromatic rings. The first-order chi connectivity index (χ1) is 8.06. The molecule has 0 unspecified atom stereocenters. The fraction of sp³-hybridized carbons (Fsp3) is 0.273. The number of aromatic carboxylic acids is 1. The molecule has 2 heterocycles. The first-order valence-electron chi connectivity index (χ1n) is 4.94. The minimum Gasteiger partial charge on any atom is -0.475 e. The summed E-state index contributed by atoms with van der Waals surface area (Å²) in [5, 5.41) is 10.8. The lowest BCUT2D eigenvalue weighted by atomic mass is 10.3. The highest BCUT2D eigenvalue weighted by atomic mass is 32.2. The predicted molar refractivity (Wildman–Crippen MR) is 66.8 cm³/mol. The maximum absolute atomic E-state index is 10.7. The third kappa shape index (κ3) is 2.89. The Bertz CT molecular complexity index is 545. The third-order valence-corrected chi connectivity index (χ3v) is 4.37. The summed E-state index contributed by atoms with van der Waals surface area (Å²) in [6, 6.07) is 1.57. The van der Waals surface area contributed by atoms with Gasteiger partial charge in [0.15, 0.2) is 0 Å². The minimum absolute atomic E-state index is 0.00609. The molecule has 0 saturated heterocycles. The molecule has 0 atom stereocenters. The van der Waals surface area contributed by atoms with Crippen molar-refractivity contribution in [3.63, 3.8) is 0 Å². The maximum atomic E-state index is 10.7. The van der Waals surface area contributed by atoms with Crippen molar-refractivity contribution in [1.29, 1.82) is 0 Å². The minimum atomic E-state index is -1.03. The van der Waals surface area contributed by atoms with Crippen molar-refractivity contribution in [2.75, 3.05) is 0 Å². The van der Waals surface area contributed by atoms with Crippen LogP contribution < -0.4 is 0 Å². The Kier molecular flexibility index (Phi) is 3.54. The number of carboxylic acid groups (broad SMARTS) is 1. The van der Waals surface area contributed by atoms with Crippen molar-refractivity contribution in [2.45, 2.75) is 23.9 Å². The summed E-state index contributed by atoms with van der Waals surface area (Å²) in [7, 11) is 0. The highest BCUT2D eigenvalue weighted by Gasteiger charge is 2.13. The Hall–Kier alpha value is -1.27. The van der Waals surface area contributed by atoms with E-state index in [4.69, 9.17) is 9.52 Å². The molecule has 2 rings (SSSR count). The molecule has 0 amide bonds. The Morgan fingerprint density at radius 1 is 1.59 bits per heavy atom. The van der Waals surface area contributed by atoms with Gasteiger partial charge in [0.2, 0.25) is 5.76 Å². The number of thioether (sulfide) groups is 1. The molecule has 90 valence electrons. The van der Waals surface area contributed by atoms with Crippen molar-refractivity contribution in [3.05, 3.63) is 34.2 Å². The molecule has 4 nitrogen and oxygen atoms in total. The summed E-state index contributed by atoms with van der Waals surface area (Å²) in [4.78, 5) is 15.1. The average Bonchev–Trinajstić information content (AvgIpc) is 2.82. The van der Waals surface area contributed by atoms with E-state index in [-0.39, 0.29) is 5.76 Å². The van der Waals surface area contributed by atoms with Crippen molar-refractivity contribution in [1.82, 2.24) is 4.98 Å². The number of hydrogen-bond acceptors (Lipinski definition) is 5. The zero-order chi connectivity index (χ0) is 12.4. The van der Waals surface area contributed by atoms with Crippen LogP contribution in [0.25, 0.3) is 0 Å². The van der Waals surface area contributed by atoms with Crippen molar-refractivity contribution >= 4 is 29.1 Å². The van der Waals surface area contributed by atoms with Crippen molar-refractivity contribution in [2.24, 2.45) is 0 Å². The normalized spacial score (nSPS) is 10.7. The lowest BCUT2D eigenvalue weighted by Gasteiger charge is -1.95. The molecule has 2 aromatic heterocycles. The number of aryl methyl sites for hydroxylation is 2. The zero-order valence-electron chi connectivity index (χ0n) is 9.39. The van der Waals surface area contributed by atoms with Crippen LogP contribution in [-0.2, 0) is 5.75 Å². The average molecular weight is 269 g/mol. The second-order valence-electron chi connectivity index (χ2n) is 3.54. The van der Waals surface area contributed by atoms with E-state index in [0.717, 1.165) is 15.6 Å². The van der Waals surface area contributed by atoms with E-state index in [1.807, 2.05) is 12.3 Å². The number of rotatable bonds is 4. The van der Waals surface area contributed by atoms with Gasteiger partial charge in [-0.05, 0) is 19.9 Å².